The molecule has 1 amide bonds. The second kappa shape index (κ2) is 7.93. The third-order valence-electron chi connectivity index (χ3n) is 3.44. The Labute approximate surface area is 122 Å². The fourth-order valence-corrected chi connectivity index (χ4v) is 1.87. The van der Waals surface area contributed by atoms with Gasteiger partial charge in [-0.15, -0.1) is 0 Å². The van der Waals surface area contributed by atoms with E-state index in [1.165, 1.54) is 11.1 Å². The molecule has 3 heteroatoms. The van der Waals surface area contributed by atoms with Crippen molar-refractivity contribution in [2.75, 3.05) is 6.54 Å². The highest BCUT2D eigenvalue weighted by Gasteiger charge is 2.18. The number of aryl methyl sites for hydroxylation is 2. The fraction of sp³-hybridized carbons (Fsp3) is 0.588. The fourth-order valence-electron chi connectivity index (χ4n) is 1.87. The van der Waals surface area contributed by atoms with Crippen LogP contribution in [0.15, 0.2) is 18.2 Å². The van der Waals surface area contributed by atoms with E-state index in [0.717, 1.165) is 12.2 Å². The van der Waals surface area contributed by atoms with E-state index in [9.17, 15) is 4.79 Å². The summed E-state index contributed by atoms with van der Waals surface area (Å²) in [5.74, 6) is 1.33. The van der Waals surface area contributed by atoms with Gasteiger partial charge in [-0.05, 0) is 55.9 Å². The quantitative estimate of drug-likeness (QED) is 0.826. The molecule has 0 bridgehead atoms. The molecule has 0 aliphatic carbocycles. The highest BCUT2D eigenvalue weighted by atomic mass is 16.5. The van der Waals surface area contributed by atoms with E-state index < -0.39 is 6.10 Å². The molecule has 1 atom stereocenters. The lowest BCUT2D eigenvalue weighted by atomic mass is 10.1. The summed E-state index contributed by atoms with van der Waals surface area (Å²) < 4.78 is 5.81. The summed E-state index contributed by atoms with van der Waals surface area (Å²) in [7, 11) is 0. The monoisotopic (exact) mass is 277 g/mol. The van der Waals surface area contributed by atoms with E-state index in [1.54, 1.807) is 0 Å². The normalized spacial score (nSPS) is 12.3. The zero-order valence-corrected chi connectivity index (χ0v) is 13.3. The van der Waals surface area contributed by atoms with Gasteiger partial charge in [0.05, 0.1) is 0 Å². The lowest BCUT2D eigenvalue weighted by molar-refractivity contribution is -0.128. The number of amides is 1. The smallest absolute Gasteiger partial charge is 0.261 e. The third kappa shape index (κ3) is 5.24. The second-order valence-electron chi connectivity index (χ2n) is 5.73. The molecule has 0 unspecified atom stereocenters. The molecule has 0 saturated heterocycles. The van der Waals surface area contributed by atoms with Gasteiger partial charge in [0, 0.05) is 6.54 Å². The molecule has 1 aromatic carbocycles. The molecule has 0 radical (unpaired) electrons. The Balaban J connectivity index is 2.57. The van der Waals surface area contributed by atoms with Crippen molar-refractivity contribution in [3.63, 3.8) is 0 Å². The van der Waals surface area contributed by atoms with Gasteiger partial charge in [-0.2, -0.15) is 0 Å². The van der Waals surface area contributed by atoms with Crippen LogP contribution in [0.5, 0.6) is 5.75 Å². The SMILES string of the molecule is CC[C@H](Oc1ccc(C)c(C)c1)C(=O)NCCC(C)C. The summed E-state index contributed by atoms with van der Waals surface area (Å²) in [6.07, 6.45) is 1.25. The van der Waals surface area contributed by atoms with E-state index in [4.69, 9.17) is 4.74 Å². The number of benzene rings is 1. The molecule has 0 fully saturated rings. The molecule has 0 aromatic heterocycles. The van der Waals surface area contributed by atoms with Crippen LogP contribution in [-0.2, 0) is 4.79 Å². The number of nitrogens with one attached hydrogen (secondary N) is 1. The number of ether oxygens (including phenoxy) is 1. The average molecular weight is 277 g/mol. The molecule has 20 heavy (non-hydrogen) atoms. The van der Waals surface area contributed by atoms with E-state index in [2.05, 4.69) is 26.1 Å². The molecule has 1 N–H and O–H groups in total. The summed E-state index contributed by atoms with van der Waals surface area (Å²) in [6.45, 7) is 11.1. The Morgan fingerprint density at radius 3 is 2.50 bits per heavy atom. The number of hydrogen-bond donors (Lipinski definition) is 1. The van der Waals surface area contributed by atoms with Crippen LogP contribution in [0.4, 0.5) is 0 Å². The number of carbonyl (C=O) groups excluding carboxylic acids is 1. The highest BCUT2D eigenvalue weighted by molar-refractivity contribution is 5.81. The molecule has 3 nitrogen and oxygen atoms in total. The van der Waals surface area contributed by atoms with Crippen molar-refractivity contribution in [1.29, 1.82) is 0 Å². The summed E-state index contributed by atoms with van der Waals surface area (Å²) in [5, 5.41) is 2.95. The van der Waals surface area contributed by atoms with Crippen molar-refractivity contribution in [2.24, 2.45) is 5.92 Å². The van der Waals surface area contributed by atoms with Gasteiger partial charge in [-0.3, -0.25) is 4.79 Å². The van der Waals surface area contributed by atoms with Crippen LogP contribution in [0.2, 0.25) is 0 Å². The number of hydrogen-bond acceptors (Lipinski definition) is 2. The Hall–Kier alpha value is -1.51. The molecule has 0 saturated carbocycles. The van der Waals surface area contributed by atoms with E-state index >= 15 is 0 Å². The first-order valence-corrected chi connectivity index (χ1v) is 7.45. The summed E-state index contributed by atoms with van der Waals surface area (Å²) in [4.78, 5) is 12.1. The van der Waals surface area contributed by atoms with Crippen LogP contribution in [0.1, 0.15) is 44.7 Å². The van der Waals surface area contributed by atoms with Crippen LogP contribution >= 0.6 is 0 Å². The Morgan fingerprint density at radius 2 is 1.95 bits per heavy atom. The zero-order chi connectivity index (χ0) is 15.1. The molecule has 0 spiro atoms. The zero-order valence-electron chi connectivity index (χ0n) is 13.3. The maximum atomic E-state index is 12.1. The summed E-state index contributed by atoms with van der Waals surface area (Å²) in [5.41, 5.74) is 2.41. The van der Waals surface area contributed by atoms with Crippen LogP contribution in [0, 0.1) is 19.8 Å². The third-order valence-corrected chi connectivity index (χ3v) is 3.44. The molecule has 0 aliphatic heterocycles. The van der Waals surface area contributed by atoms with Gasteiger partial charge in [0.25, 0.3) is 5.91 Å². The van der Waals surface area contributed by atoms with Crippen molar-refractivity contribution in [2.45, 2.75) is 53.6 Å². The number of carbonyl (C=O) groups is 1. The van der Waals surface area contributed by atoms with E-state index in [1.807, 2.05) is 32.0 Å². The highest BCUT2D eigenvalue weighted by Crippen LogP contribution is 2.18. The first-order chi connectivity index (χ1) is 9.43. The van der Waals surface area contributed by atoms with Crippen LogP contribution in [0.25, 0.3) is 0 Å². The minimum atomic E-state index is -0.413. The standard InChI is InChI=1S/C17H27NO2/c1-6-16(17(19)18-10-9-12(2)3)20-15-8-7-13(4)14(5)11-15/h7-8,11-12,16H,6,9-10H2,1-5H3,(H,18,19)/t16-/m0/s1. The maximum absolute atomic E-state index is 12.1. The molecular formula is C17H27NO2. The van der Waals surface area contributed by atoms with Crippen molar-refractivity contribution in [3.8, 4) is 5.75 Å². The van der Waals surface area contributed by atoms with E-state index in [0.29, 0.717) is 18.9 Å². The summed E-state index contributed by atoms with van der Waals surface area (Å²) in [6, 6.07) is 5.93. The van der Waals surface area contributed by atoms with Crippen LogP contribution < -0.4 is 10.1 Å². The van der Waals surface area contributed by atoms with E-state index in [-0.39, 0.29) is 5.91 Å². The van der Waals surface area contributed by atoms with Crippen molar-refractivity contribution >= 4 is 5.91 Å². The molecular weight excluding hydrogens is 250 g/mol. The summed E-state index contributed by atoms with van der Waals surface area (Å²) >= 11 is 0. The average Bonchev–Trinajstić information content (AvgIpc) is 2.39. The first-order valence-electron chi connectivity index (χ1n) is 7.45. The van der Waals surface area contributed by atoms with Gasteiger partial charge >= 0.3 is 0 Å². The van der Waals surface area contributed by atoms with Gasteiger partial charge in [0.2, 0.25) is 0 Å². The van der Waals surface area contributed by atoms with Crippen LogP contribution in [-0.4, -0.2) is 18.6 Å². The Bertz CT molecular complexity index is 441. The lowest BCUT2D eigenvalue weighted by Gasteiger charge is -2.18. The minimum absolute atomic E-state index is 0.0219. The van der Waals surface area contributed by atoms with Gasteiger partial charge in [-0.25, -0.2) is 0 Å². The maximum Gasteiger partial charge on any atom is 0.261 e. The second-order valence-corrected chi connectivity index (χ2v) is 5.73. The Kier molecular flexibility index (Phi) is 6.56. The van der Waals surface area contributed by atoms with Gasteiger partial charge < -0.3 is 10.1 Å². The van der Waals surface area contributed by atoms with Crippen molar-refractivity contribution < 1.29 is 9.53 Å². The Morgan fingerprint density at radius 1 is 1.25 bits per heavy atom. The molecule has 0 heterocycles. The van der Waals surface area contributed by atoms with Crippen molar-refractivity contribution in [3.05, 3.63) is 29.3 Å². The molecule has 1 aromatic rings. The number of rotatable bonds is 7. The van der Waals surface area contributed by atoms with Crippen LogP contribution in [0.3, 0.4) is 0 Å². The molecule has 1 rings (SSSR count). The lowest BCUT2D eigenvalue weighted by Crippen LogP contribution is -2.38. The predicted molar refractivity (Wildman–Crippen MR) is 83.1 cm³/mol. The minimum Gasteiger partial charge on any atom is -0.481 e. The van der Waals surface area contributed by atoms with Gasteiger partial charge in [-0.1, -0.05) is 26.8 Å². The van der Waals surface area contributed by atoms with Crippen molar-refractivity contribution in [1.82, 2.24) is 5.32 Å². The predicted octanol–water partition coefficient (Wildman–Crippen LogP) is 3.62. The first kappa shape index (κ1) is 16.5. The van der Waals surface area contributed by atoms with Gasteiger partial charge in [0.1, 0.15) is 5.75 Å². The molecule has 112 valence electrons. The van der Waals surface area contributed by atoms with Gasteiger partial charge in [0.15, 0.2) is 6.10 Å². The topological polar surface area (TPSA) is 38.3 Å². The molecule has 0 aliphatic rings. The largest absolute Gasteiger partial charge is 0.481 e.